The van der Waals surface area contributed by atoms with Crippen LogP contribution in [0.2, 0.25) is 0 Å². The Bertz CT molecular complexity index is 905. The van der Waals surface area contributed by atoms with Crippen molar-refractivity contribution in [3.8, 4) is 5.75 Å². The molecule has 3 amide bonds. The Morgan fingerprint density at radius 3 is 2.34 bits per heavy atom. The zero-order chi connectivity index (χ0) is 21.1. The molecule has 0 bridgehead atoms. The van der Waals surface area contributed by atoms with E-state index in [9.17, 15) is 18.4 Å². The van der Waals surface area contributed by atoms with Gasteiger partial charge in [0.05, 0.1) is 11.3 Å². The Balaban J connectivity index is 1.62. The second-order valence-corrected chi connectivity index (χ2v) is 6.86. The Kier molecular flexibility index (Phi) is 6.05. The average molecular weight is 407 g/mol. The third-order valence-electron chi connectivity index (χ3n) is 4.81. The van der Waals surface area contributed by atoms with Crippen LogP contribution < -0.4 is 10.1 Å². The standard InChI is InChI=1S/C20H23F2N3O4/c1-12-5-4-6-16(29-19(21)22)17(12)23-20(27)25-9-7-24(8-10-25)18(26)15-11-13(2)28-14(15)3/h4-6,11,19H,7-10H2,1-3H3,(H,23,27). The van der Waals surface area contributed by atoms with Crippen molar-refractivity contribution in [3.63, 3.8) is 0 Å². The molecule has 1 aromatic heterocycles. The maximum absolute atomic E-state index is 12.7. The third kappa shape index (κ3) is 4.67. The number of anilines is 1. The maximum Gasteiger partial charge on any atom is 0.387 e. The van der Waals surface area contributed by atoms with E-state index in [0.717, 1.165) is 0 Å². The molecule has 1 aliphatic rings. The topological polar surface area (TPSA) is 75.0 Å². The van der Waals surface area contributed by atoms with Crippen LogP contribution in [0, 0.1) is 20.8 Å². The average Bonchev–Trinajstić information content (AvgIpc) is 3.01. The van der Waals surface area contributed by atoms with Gasteiger partial charge in [0.25, 0.3) is 5.91 Å². The minimum atomic E-state index is -2.99. The number of carbonyl (C=O) groups excluding carboxylic acids is 2. The number of aryl methyl sites for hydroxylation is 3. The van der Waals surface area contributed by atoms with Crippen LogP contribution in [0.5, 0.6) is 5.75 Å². The highest BCUT2D eigenvalue weighted by atomic mass is 19.3. The van der Waals surface area contributed by atoms with Crippen LogP contribution in [0.3, 0.4) is 0 Å². The van der Waals surface area contributed by atoms with E-state index in [1.54, 1.807) is 43.9 Å². The van der Waals surface area contributed by atoms with Crippen LogP contribution in [0.15, 0.2) is 28.7 Å². The molecule has 0 saturated carbocycles. The number of halogens is 2. The molecule has 0 spiro atoms. The largest absolute Gasteiger partial charge is 0.466 e. The number of nitrogens with zero attached hydrogens (tertiary/aromatic N) is 2. The van der Waals surface area contributed by atoms with Gasteiger partial charge in [-0.15, -0.1) is 0 Å². The van der Waals surface area contributed by atoms with E-state index in [4.69, 9.17) is 4.42 Å². The van der Waals surface area contributed by atoms with Crippen LogP contribution >= 0.6 is 0 Å². The van der Waals surface area contributed by atoms with Gasteiger partial charge in [-0.3, -0.25) is 4.79 Å². The minimum absolute atomic E-state index is 0.0898. The molecule has 0 radical (unpaired) electrons. The Morgan fingerprint density at radius 1 is 1.10 bits per heavy atom. The van der Waals surface area contributed by atoms with Crippen molar-refractivity contribution in [3.05, 3.63) is 46.9 Å². The molecule has 1 aliphatic heterocycles. The zero-order valence-electron chi connectivity index (χ0n) is 16.5. The van der Waals surface area contributed by atoms with Crippen molar-refractivity contribution in [2.45, 2.75) is 27.4 Å². The summed E-state index contributed by atoms with van der Waals surface area (Å²) in [5, 5.41) is 2.65. The van der Waals surface area contributed by atoms with Crippen LogP contribution in [0.4, 0.5) is 19.3 Å². The fraction of sp³-hybridized carbons (Fsp3) is 0.400. The van der Waals surface area contributed by atoms with Gasteiger partial charge in [0.15, 0.2) is 0 Å². The first-order valence-electron chi connectivity index (χ1n) is 9.23. The minimum Gasteiger partial charge on any atom is -0.466 e. The highest BCUT2D eigenvalue weighted by Gasteiger charge is 2.27. The molecule has 1 saturated heterocycles. The number of piperazine rings is 1. The molecule has 9 heteroatoms. The fourth-order valence-corrected chi connectivity index (χ4v) is 3.31. The van der Waals surface area contributed by atoms with Gasteiger partial charge >= 0.3 is 12.6 Å². The number of rotatable bonds is 4. The zero-order valence-corrected chi connectivity index (χ0v) is 16.5. The number of alkyl halides is 2. The van der Waals surface area contributed by atoms with E-state index >= 15 is 0 Å². The highest BCUT2D eigenvalue weighted by Crippen LogP contribution is 2.30. The van der Waals surface area contributed by atoms with E-state index in [-0.39, 0.29) is 17.3 Å². The van der Waals surface area contributed by atoms with Crippen LogP contribution in [0.1, 0.15) is 27.4 Å². The summed E-state index contributed by atoms with van der Waals surface area (Å²) in [5.74, 6) is 1.02. The van der Waals surface area contributed by atoms with Crippen molar-refractivity contribution < 1.29 is 27.5 Å². The lowest BCUT2D eigenvalue weighted by Crippen LogP contribution is -2.51. The van der Waals surface area contributed by atoms with Gasteiger partial charge in [-0.2, -0.15) is 8.78 Å². The van der Waals surface area contributed by atoms with Crippen molar-refractivity contribution in [2.24, 2.45) is 0 Å². The second kappa shape index (κ2) is 8.50. The van der Waals surface area contributed by atoms with E-state index in [2.05, 4.69) is 10.1 Å². The summed E-state index contributed by atoms with van der Waals surface area (Å²) in [6.45, 7) is 3.61. The van der Waals surface area contributed by atoms with Crippen molar-refractivity contribution >= 4 is 17.6 Å². The summed E-state index contributed by atoms with van der Waals surface area (Å²) < 4.78 is 35.2. The SMILES string of the molecule is Cc1cc(C(=O)N2CCN(C(=O)Nc3c(C)cccc3OC(F)F)CC2)c(C)o1. The lowest BCUT2D eigenvalue weighted by molar-refractivity contribution is -0.0493. The Labute approximate surface area is 167 Å². The van der Waals surface area contributed by atoms with Gasteiger partial charge < -0.3 is 24.3 Å². The molecule has 2 heterocycles. The number of urea groups is 1. The Morgan fingerprint density at radius 2 is 1.76 bits per heavy atom. The number of hydrogen-bond acceptors (Lipinski definition) is 4. The highest BCUT2D eigenvalue weighted by molar-refractivity contribution is 5.96. The van der Waals surface area contributed by atoms with Crippen LogP contribution in [-0.4, -0.2) is 54.5 Å². The molecule has 1 N–H and O–H groups in total. The van der Waals surface area contributed by atoms with E-state index < -0.39 is 12.6 Å². The Hall–Kier alpha value is -3.10. The lowest BCUT2D eigenvalue weighted by atomic mass is 10.2. The summed E-state index contributed by atoms with van der Waals surface area (Å²) in [4.78, 5) is 28.5. The van der Waals surface area contributed by atoms with Crippen molar-refractivity contribution in [2.75, 3.05) is 31.5 Å². The molecule has 7 nitrogen and oxygen atoms in total. The summed E-state index contributed by atoms with van der Waals surface area (Å²) in [7, 11) is 0. The number of carbonyl (C=O) groups is 2. The molecule has 0 atom stereocenters. The van der Waals surface area contributed by atoms with Crippen molar-refractivity contribution in [1.29, 1.82) is 0 Å². The molecular weight excluding hydrogens is 384 g/mol. The predicted molar refractivity (Wildman–Crippen MR) is 102 cm³/mol. The normalized spacial score (nSPS) is 14.3. The second-order valence-electron chi connectivity index (χ2n) is 6.86. The van der Waals surface area contributed by atoms with Crippen LogP contribution in [0.25, 0.3) is 0 Å². The smallest absolute Gasteiger partial charge is 0.387 e. The molecular formula is C20H23F2N3O4. The fourth-order valence-electron chi connectivity index (χ4n) is 3.31. The third-order valence-corrected chi connectivity index (χ3v) is 4.81. The summed E-state index contributed by atoms with van der Waals surface area (Å²) in [6, 6.07) is 5.92. The predicted octanol–water partition coefficient (Wildman–Crippen LogP) is 3.80. The first kappa shape index (κ1) is 20.6. The number of benzene rings is 1. The first-order valence-corrected chi connectivity index (χ1v) is 9.23. The van der Waals surface area contributed by atoms with Gasteiger partial charge in [0, 0.05) is 26.2 Å². The van der Waals surface area contributed by atoms with Crippen molar-refractivity contribution in [1.82, 2.24) is 9.80 Å². The lowest BCUT2D eigenvalue weighted by Gasteiger charge is -2.34. The summed E-state index contributed by atoms with van der Waals surface area (Å²) >= 11 is 0. The van der Waals surface area contributed by atoms with Gasteiger partial charge in [0.2, 0.25) is 0 Å². The molecule has 156 valence electrons. The molecule has 0 unspecified atom stereocenters. The number of ether oxygens (including phenoxy) is 1. The number of para-hydroxylation sites is 1. The first-order chi connectivity index (χ1) is 13.8. The van der Waals surface area contributed by atoms with E-state index in [0.29, 0.717) is 48.8 Å². The van der Waals surface area contributed by atoms with Gasteiger partial charge in [-0.25, -0.2) is 4.79 Å². The van der Waals surface area contributed by atoms with Gasteiger partial charge in [0.1, 0.15) is 17.3 Å². The van der Waals surface area contributed by atoms with E-state index in [1.807, 2.05) is 0 Å². The maximum atomic E-state index is 12.7. The molecule has 0 aliphatic carbocycles. The summed E-state index contributed by atoms with van der Waals surface area (Å²) in [6.07, 6.45) is 0. The van der Waals surface area contributed by atoms with Gasteiger partial charge in [-0.05, 0) is 38.5 Å². The number of furan rings is 1. The van der Waals surface area contributed by atoms with E-state index in [1.165, 1.54) is 11.0 Å². The number of amides is 3. The van der Waals surface area contributed by atoms with Crippen LogP contribution in [-0.2, 0) is 0 Å². The quantitative estimate of drug-likeness (QED) is 0.837. The molecule has 2 aromatic rings. The number of nitrogens with one attached hydrogen (secondary N) is 1. The number of hydrogen-bond donors (Lipinski definition) is 1. The monoisotopic (exact) mass is 407 g/mol. The molecule has 1 fully saturated rings. The molecule has 1 aromatic carbocycles. The molecule has 29 heavy (non-hydrogen) atoms. The molecule has 3 rings (SSSR count). The van der Waals surface area contributed by atoms with Gasteiger partial charge in [-0.1, -0.05) is 12.1 Å². The summed E-state index contributed by atoms with van der Waals surface area (Å²) in [5.41, 5.74) is 1.34.